The van der Waals surface area contributed by atoms with Gasteiger partial charge in [-0.05, 0) is 31.2 Å². The van der Waals surface area contributed by atoms with Gasteiger partial charge in [-0.3, -0.25) is 4.57 Å². The molecule has 0 aliphatic heterocycles. The second-order valence-electron chi connectivity index (χ2n) is 4.65. The summed E-state index contributed by atoms with van der Waals surface area (Å²) in [7, 11) is 0. The van der Waals surface area contributed by atoms with E-state index in [0.717, 1.165) is 0 Å². The average Bonchev–Trinajstić information content (AvgIpc) is 2.77. The lowest BCUT2D eigenvalue weighted by Gasteiger charge is -2.08. The van der Waals surface area contributed by atoms with E-state index in [0.29, 0.717) is 16.8 Å². The molecule has 0 fully saturated rings. The van der Waals surface area contributed by atoms with Crippen LogP contribution >= 0.6 is 0 Å². The minimum Gasteiger partial charge on any atom is -0.478 e. The second kappa shape index (κ2) is 4.59. The number of benzene rings is 2. The normalized spacial score (nSPS) is 11.0. The van der Waals surface area contributed by atoms with Crippen molar-refractivity contribution in [3.8, 4) is 5.69 Å². The van der Waals surface area contributed by atoms with Crippen molar-refractivity contribution in [3.05, 3.63) is 63.8 Å². The molecule has 3 aromatic rings. The highest BCUT2D eigenvalue weighted by atomic mass is 19.1. The molecule has 2 aromatic carbocycles. The number of aromatic carboxylic acids is 1. The number of halogens is 1. The van der Waals surface area contributed by atoms with Gasteiger partial charge in [-0.15, -0.1) is 0 Å². The number of para-hydroxylation sites is 1. The molecule has 3 rings (SSSR count). The largest absolute Gasteiger partial charge is 0.478 e. The van der Waals surface area contributed by atoms with Gasteiger partial charge in [-0.25, -0.2) is 14.0 Å². The van der Waals surface area contributed by atoms with Crippen LogP contribution < -0.4 is 5.69 Å². The molecule has 0 atom stereocenters. The van der Waals surface area contributed by atoms with Crippen LogP contribution in [-0.4, -0.2) is 20.6 Å². The smallest absolute Gasteiger partial charge is 0.337 e. The van der Waals surface area contributed by atoms with Crippen molar-refractivity contribution in [2.75, 3.05) is 0 Å². The summed E-state index contributed by atoms with van der Waals surface area (Å²) < 4.78 is 15.0. The molecule has 0 saturated heterocycles. The van der Waals surface area contributed by atoms with E-state index in [1.807, 2.05) is 0 Å². The van der Waals surface area contributed by atoms with Crippen molar-refractivity contribution < 1.29 is 14.3 Å². The summed E-state index contributed by atoms with van der Waals surface area (Å²) in [5.74, 6) is -1.56. The Labute approximate surface area is 118 Å². The molecule has 0 spiro atoms. The predicted molar refractivity (Wildman–Crippen MR) is 75.6 cm³/mol. The molecule has 1 heterocycles. The molecule has 0 radical (unpaired) electrons. The molecule has 0 aliphatic carbocycles. The van der Waals surface area contributed by atoms with Crippen LogP contribution in [0.25, 0.3) is 16.7 Å². The monoisotopic (exact) mass is 286 g/mol. The number of nitrogens with zero attached hydrogens (tertiary/aromatic N) is 1. The molecule has 106 valence electrons. The van der Waals surface area contributed by atoms with Gasteiger partial charge < -0.3 is 10.1 Å². The molecule has 0 saturated carbocycles. The van der Waals surface area contributed by atoms with Gasteiger partial charge in [0.05, 0.1) is 22.3 Å². The van der Waals surface area contributed by atoms with Crippen LogP contribution in [0.2, 0.25) is 0 Å². The highest BCUT2D eigenvalue weighted by Gasteiger charge is 2.17. The summed E-state index contributed by atoms with van der Waals surface area (Å²) in [6.07, 6.45) is 0. The van der Waals surface area contributed by atoms with E-state index in [1.165, 1.54) is 22.8 Å². The first-order valence-corrected chi connectivity index (χ1v) is 6.23. The van der Waals surface area contributed by atoms with Crippen LogP contribution in [0.4, 0.5) is 4.39 Å². The van der Waals surface area contributed by atoms with Crippen molar-refractivity contribution in [3.63, 3.8) is 0 Å². The topological polar surface area (TPSA) is 75.1 Å². The number of hydrogen-bond donors (Lipinski definition) is 2. The number of aromatic amines is 1. The Morgan fingerprint density at radius 1 is 1.24 bits per heavy atom. The molecule has 0 bridgehead atoms. The van der Waals surface area contributed by atoms with E-state index < -0.39 is 17.5 Å². The number of imidazole rings is 1. The number of carboxylic acid groups (broad SMARTS) is 1. The Morgan fingerprint density at radius 2 is 1.95 bits per heavy atom. The lowest BCUT2D eigenvalue weighted by molar-refractivity contribution is 0.0699. The Balaban J connectivity index is 2.42. The number of carbonyl (C=O) groups is 1. The molecule has 1 aromatic heterocycles. The summed E-state index contributed by atoms with van der Waals surface area (Å²) in [4.78, 5) is 25.9. The van der Waals surface area contributed by atoms with Gasteiger partial charge >= 0.3 is 11.7 Å². The SMILES string of the molecule is Cc1c(F)cccc1-n1c(=O)[nH]c2c(C(=O)O)cccc21. The zero-order valence-corrected chi connectivity index (χ0v) is 11.1. The van der Waals surface area contributed by atoms with Crippen molar-refractivity contribution in [1.29, 1.82) is 0 Å². The van der Waals surface area contributed by atoms with Crippen LogP contribution in [0.5, 0.6) is 0 Å². The second-order valence-corrected chi connectivity index (χ2v) is 4.65. The van der Waals surface area contributed by atoms with Crippen molar-refractivity contribution in [2.45, 2.75) is 6.92 Å². The fourth-order valence-electron chi connectivity index (χ4n) is 2.39. The van der Waals surface area contributed by atoms with E-state index in [9.17, 15) is 14.0 Å². The van der Waals surface area contributed by atoms with Crippen LogP contribution in [0.3, 0.4) is 0 Å². The lowest BCUT2D eigenvalue weighted by Crippen LogP contribution is -2.15. The molecule has 5 nitrogen and oxygen atoms in total. The first-order chi connectivity index (χ1) is 10.0. The first kappa shape index (κ1) is 13.1. The minimum atomic E-state index is -1.13. The van der Waals surface area contributed by atoms with Crippen LogP contribution in [-0.2, 0) is 0 Å². The van der Waals surface area contributed by atoms with Crippen molar-refractivity contribution in [2.24, 2.45) is 0 Å². The maximum atomic E-state index is 13.7. The van der Waals surface area contributed by atoms with Gasteiger partial charge in [0.15, 0.2) is 0 Å². The molecular formula is C15H11FN2O3. The van der Waals surface area contributed by atoms with Crippen LogP contribution in [0, 0.1) is 12.7 Å². The van der Waals surface area contributed by atoms with E-state index in [-0.39, 0.29) is 11.1 Å². The summed E-state index contributed by atoms with van der Waals surface area (Å²) in [6, 6.07) is 8.99. The van der Waals surface area contributed by atoms with Gasteiger partial charge in [0.2, 0.25) is 0 Å². The maximum absolute atomic E-state index is 13.7. The third-order valence-corrected chi connectivity index (χ3v) is 3.43. The quantitative estimate of drug-likeness (QED) is 0.760. The highest BCUT2D eigenvalue weighted by molar-refractivity contribution is 6.01. The van der Waals surface area contributed by atoms with Crippen molar-refractivity contribution >= 4 is 17.0 Å². The van der Waals surface area contributed by atoms with E-state index in [1.54, 1.807) is 25.1 Å². The number of aromatic nitrogens is 2. The van der Waals surface area contributed by atoms with Gasteiger partial charge in [-0.2, -0.15) is 0 Å². The lowest BCUT2D eigenvalue weighted by atomic mass is 10.1. The predicted octanol–water partition coefficient (Wildman–Crippen LogP) is 2.46. The zero-order chi connectivity index (χ0) is 15.1. The summed E-state index contributed by atoms with van der Waals surface area (Å²) in [5.41, 5.74) is 0.812. The molecule has 6 heteroatoms. The molecular weight excluding hydrogens is 275 g/mol. The van der Waals surface area contributed by atoms with Crippen molar-refractivity contribution in [1.82, 2.24) is 9.55 Å². The molecule has 2 N–H and O–H groups in total. The average molecular weight is 286 g/mol. The summed E-state index contributed by atoms with van der Waals surface area (Å²) >= 11 is 0. The minimum absolute atomic E-state index is 0.00240. The Kier molecular flexibility index (Phi) is 2.86. The number of rotatable bonds is 2. The fraction of sp³-hybridized carbons (Fsp3) is 0.0667. The van der Waals surface area contributed by atoms with E-state index in [2.05, 4.69) is 4.98 Å². The number of nitrogens with one attached hydrogen (secondary N) is 1. The maximum Gasteiger partial charge on any atom is 0.337 e. The van der Waals surface area contributed by atoms with Gasteiger partial charge in [0, 0.05) is 5.56 Å². The molecule has 21 heavy (non-hydrogen) atoms. The van der Waals surface area contributed by atoms with Gasteiger partial charge in [0.25, 0.3) is 0 Å². The summed E-state index contributed by atoms with van der Waals surface area (Å²) in [5, 5.41) is 9.16. The van der Waals surface area contributed by atoms with E-state index in [4.69, 9.17) is 5.11 Å². The number of H-pyrrole nitrogens is 1. The first-order valence-electron chi connectivity index (χ1n) is 6.23. The Bertz CT molecular complexity index is 924. The van der Waals surface area contributed by atoms with E-state index >= 15 is 0 Å². The number of carboxylic acids is 1. The molecule has 0 unspecified atom stereocenters. The van der Waals surface area contributed by atoms with Crippen LogP contribution in [0.1, 0.15) is 15.9 Å². The number of fused-ring (bicyclic) bond motifs is 1. The highest BCUT2D eigenvalue weighted by Crippen LogP contribution is 2.22. The zero-order valence-electron chi connectivity index (χ0n) is 11.1. The van der Waals surface area contributed by atoms with Gasteiger partial charge in [0.1, 0.15) is 5.82 Å². The third-order valence-electron chi connectivity index (χ3n) is 3.43. The molecule has 0 aliphatic rings. The Morgan fingerprint density at radius 3 is 2.67 bits per heavy atom. The standard InChI is InChI=1S/C15H11FN2O3/c1-8-10(16)5-3-6-11(8)18-12-7-2-4-9(14(19)20)13(12)17-15(18)21/h2-7H,1H3,(H,17,21)(H,19,20). The molecule has 0 amide bonds. The summed E-state index contributed by atoms with van der Waals surface area (Å²) in [6.45, 7) is 1.57. The third kappa shape index (κ3) is 1.92. The van der Waals surface area contributed by atoms with Gasteiger partial charge in [-0.1, -0.05) is 12.1 Å². The fourth-order valence-corrected chi connectivity index (χ4v) is 2.39. The Hall–Kier alpha value is -2.89. The number of hydrogen-bond acceptors (Lipinski definition) is 2. The van der Waals surface area contributed by atoms with Crippen LogP contribution in [0.15, 0.2) is 41.2 Å².